The van der Waals surface area contributed by atoms with E-state index in [4.69, 9.17) is 14.9 Å². The lowest BCUT2D eigenvalue weighted by molar-refractivity contribution is -0.221. The molecule has 1 heterocycles. The Morgan fingerprint density at radius 2 is 2.00 bits per heavy atom. The predicted molar refractivity (Wildman–Crippen MR) is 41.6 cm³/mol. The van der Waals surface area contributed by atoms with E-state index in [0.29, 0.717) is 6.42 Å². The Morgan fingerprint density at radius 1 is 1.31 bits per heavy atom. The van der Waals surface area contributed by atoms with E-state index in [1.807, 2.05) is 0 Å². The lowest BCUT2D eigenvalue weighted by atomic mass is 9.66. The van der Waals surface area contributed by atoms with E-state index < -0.39 is 24.1 Å². The second kappa shape index (κ2) is 2.90. The summed E-state index contributed by atoms with van der Waals surface area (Å²) < 4.78 is 5.11. The summed E-state index contributed by atoms with van der Waals surface area (Å²) in [5.74, 6) is -0.172. The average Bonchev–Trinajstić information content (AvgIpc) is 2.31. The monoisotopic (exact) mass is 190 g/mol. The standard InChI is InChI=1S/C8H14O5/c9-3-4-1-2-8(4)6(11)5(10)7(12)13-8/h4-7,9-12H,1-3H2/t4-,5?,6?,7?,8+/m0/s1. The van der Waals surface area contributed by atoms with Crippen LogP contribution in [0, 0.1) is 5.92 Å². The van der Waals surface area contributed by atoms with Gasteiger partial charge in [0.1, 0.15) is 17.8 Å². The Bertz CT molecular complexity index is 207. The zero-order valence-electron chi connectivity index (χ0n) is 7.13. The van der Waals surface area contributed by atoms with Crippen molar-refractivity contribution in [2.24, 2.45) is 5.92 Å². The third-order valence-corrected chi connectivity index (χ3v) is 3.25. The fraction of sp³-hybridized carbons (Fsp3) is 1.00. The first-order valence-corrected chi connectivity index (χ1v) is 4.44. The third-order valence-electron chi connectivity index (χ3n) is 3.25. The van der Waals surface area contributed by atoms with E-state index >= 15 is 0 Å². The van der Waals surface area contributed by atoms with Gasteiger partial charge in [-0.05, 0) is 12.8 Å². The van der Waals surface area contributed by atoms with Gasteiger partial charge in [-0.15, -0.1) is 0 Å². The fourth-order valence-electron chi connectivity index (χ4n) is 2.23. The van der Waals surface area contributed by atoms with Gasteiger partial charge in [-0.1, -0.05) is 0 Å². The number of ether oxygens (including phenoxy) is 1. The van der Waals surface area contributed by atoms with E-state index in [1.165, 1.54) is 0 Å². The van der Waals surface area contributed by atoms with E-state index in [2.05, 4.69) is 0 Å². The zero-order valence-corrected chi connectivity index (χ0v) is 7.13. The SMILES string of the molecule is OC[C@@H]1CC[C@@]12OC(O)C(O)C2O. The van der Waals surface area contributed by atoms with Crippen LogP contribution in [0.15, 0.2) is 0 Å². The minimum atomic E-state index is -1.33. The average molecular weight is 190 g/mol. The highest BCUT2D eigenvalue weighted by Crippen LogP contribution is 2.49. The number of hydrogen-bond acceptors (Lipinski definition) is 5. The molecule has 0 aromatic rings. The predicted octanol–water partition coefficient (Wildman–Crippen LogP) is -1.80. The van der Waals surface area contributed by atoms with Crippen LogP contribution in [-0.4, -0.2) is 51.1 Å². The highest BCUT2D eigenvalue weighted by Gasteiger charge is 2.61. The van der Waals surface area contributed by atoms with E-state index in [1.54, 1.807) is 0 Å². The number of aliphatic hydroxyl groups excluding tert-OH is 4. The normalized spacial score (nSPS) is 55.4. The first-order valence-electron chi connectivity index (χ1n) is 4.44. The Labute approximate surface area is 75.6 Å². The Kier molecular flexibility index (Phi) is 2.08. The zero-order chi connectivity index (χ0) is 9.64. The molecule has 3 unspecified atom stereocenters. The Hall–Kier alpha value is -0.200. The van der Waals surface area contributed by atoms with Crippen LogP contribution in [0.4, 0.5) is 0 Å². The lowest BCUT2D eigenvalue weighted by Crippen LogP contribution is -2.57. The van der Waals surface area contributed by atoms with Crippen molar-refractivity contribution in [1.29, 1.82) is 0 Å². The molecule has 1 spiro atoms. The molecule has 1 aliphatic carbocycles. The van der Waals surface area contributed by atoms with Gasteiger partial charge < -0.3 is 25.2 Å². The van der Waals surface area contributed by atoms with Crippen LogP contribution in [0.1, 0.15) is 12.8 Å². The number of rotatable bonds is 1. The van der Waals surface area contributed by atoms with Crippen molar-refractivity contribution in [3.63, 3.8) is 0 Å². The maximum absolute atomic E-state index is 9.59. The molecule has 0 aromatic heterocycles. The van der Waals surface area contributed by atoms with Crippen molar-refractivity contribution in [2.75, 3.05) is 6.61 Å². The highest BCUT2D eigenvalue weighted by atomic mass is 16.7. The molecular weight excluding hydrogens is 176 g/mol. The Morgan fingerprint density at radius 3 is 2.31 bits per heavy atom. The molecule has 2 aliphatic rings. The van der Waals surface area contributed by atoms with Crippen LogP contribution in [0.5, 0.6) is 0 Å². The quantitative estimate of drug-likeness (QED) is 0.391. The lowest BCUT2D eigenvalue weighted by Gasteiger charge is -2.47. The molecule has 76 valence electrons. The number of aliphatic hydroxyl groups is 4. The van der Waals surface area contributed by atoms with Gasteiger partial charge in [0, 0.05) is 12.5 Å². The second-order valence-corrected chi connectivity index (χ2v) is 3.82. The van der Waals surface area contributed by atoms with E-state index in [0.717, 1.165) is 6.42 Å². The van der Waals surface area contributed by atoms with Gasteiger partial charge in [-0.2, -0.15) is 0 Å². The molecule has 5 atom stereocenters. The summed E-state index contributed by atoms with van der Waals surface area (Å²) in [6, 6.07) is 0. The van der Waals surface area contributed by atoms with Gasteiger partial charge in [0.2, 0.25) is 0 Å². The summed E-state index contributed by atoms with van der Waals surface area (Å²) in [5.41, 5.74) is -0.909. The number of hydrogen-bond donors (Lipinski definition) is 4. The van der Waals surface area contributed by atoms with Crippen molar-refractivity contribution in [1.82, 2.24) is 0 Å². The summed E-state index contributed by atoms with van der Waals surface area (Å²) in [5, 5.41) is 37.0. The van der Waals surface area contributed by atoms with Crippen LogP contribution in [0.3, 0.4) is 0 Å². The maximum Gasteiger partial charge on any atom is 0.184 e. The summed E-state index contributed by atoms with van der Waals surface area (Å²) in [4.78, 5) is 0. The molecular formula is C8H14O5. The minimum absolute atomic E-state index is 0.0868. The van der Waals surface area contributed by atoms with E-state index in [-0.39, 0.29) is 12.5 Å². The first kappa shape index (κ1) is 9.36. The van der Waals surface area contributed by atoms with Crippen molar-refractivity contribution >= 4 is 0 Å². The first-order chi connectivity index (χ1) is 6.12. The van der Waals surface area contributed by atoms with Gasteiger partial charge in [-0.25, -0.2) is 0 Å². The van der Waals surface area contributed by atoms with Gasteiger partial charge in [0.15, 0.2) is 6.29 Å². The summed E-state index contributed by atoms with van der Waals surface area (Å²) in [6.07, 6.45) is -2.34. The Balaban J connectivity index is 2.16. The third kappa shape index (κ3) is 1.05. The van der Waals surface area contributed by atoms with Gasteiger partial charge in [-0.3, -0.25) is 0 Å². The van der Waals surface area contributed by atoms with E-state index in [9.17, 15) is 10.2 Å². The molecule has 5 nitrogen and oxygen atoms in total. The van der Waals surface area contributed by atoms with Crippen LogP contribution in [0.25, 0.3) is 0 Å². The van der Waals surface area contributed by atoms with Crippen LogP contribution < -0.4 is 0 Å². The maximum atomic E-state index is 9.59. The molecule has 4 N–H and O–H groups in total. The molecule has 5 heteroatoms. The summed E-state index contributed by atoms with van der Waals surface area (Å²) in [7, 11) is 0. The molecule has 1 aliphatic heterocycles. The summed E-state index contributed by atoms with van der Waals surface area (Å²) in [6.45, 7) is -0.0868. The molecule has 1 saturated carbocycles. The van der Waals surface area contributed by atoms with Crippen molar-refractivity contribution in [3.05, 3.63) is 0 Å². The summed E-state index contributed by atoms with van der Waals surface area (Å²) >= 11 is 0. The van der Waals surface area contributed by atoms with Gasteiger partial charge in [0.25, 0.3) is 0 Å². The molecule has 0 amide bonds. The second-order valence-electron chi connectivity index (χ2n) is 3.82. The van der Waals surface area contributed by atoms with Crippen molar-refractivity contribution in [3.8, 4) is 0 Å². The fourth-order valence-corrected chi connectivity index (χ4v) is 2.23. The molecule has 0 bridgehead atoms. The van der Waals surface area contributed by atoms with Crippen molar-refractivity contribution < 1.29 is 25.2 Å². The molecule has 2 fully saturated rings. The smallest absolute Gasteiger partial charge is 0.184 e. The van der Waals surface area contributed by atoms with Gasteiger partial charge in [0.05, 0.1) is 0 Å². The van der Waals surface area contributed by atoms with Crippen LogP contribution in [0.2, 0.25) is 0 Å². The topological polar surface area (TPSA) is 90.2 Å². The molecule has 0 radical (unpaired) electrons. The highest BCUT2D eigenvalue weighted by molar-refractivity contribution is 5.09. The molecule has 0 aromatic carbocycles. The van der Waals surface area contributed by atoms with Crippen LogP contribution in [-0.2, 0) is 4.74 Å². The van der Waals surface area contributed by atoms with Crippen LogP contribution >= 0.6 is 0 Å². The molecule has 1 saturated heterocycles. The molecule has 2 rings (SSSR count). The van der Waals surface area contributed by atoms with Gasteiger partial charge >= 0.3 is 0 Å². The van der Waals surface area contributed by atoms with Crippen molar-refractivity contribution in [2.45, 2.75) is 36.9 Å². The molecule has 13 heavy (non-hydrogen) atoms. The largest absolute Gasteiger partial charge is 0.396 e. The minimum Gasteiger partial charge on any atom is -0.396 e.